The molecule has 0 spiro atoms. The second kappa shape index (κ2) is 8.71. The van der Waals surface area contributed by atoms with Crippen LogP contribution in [0.4, 0.5) is 0 Å². The first-order valence-corrected chi connectivity index (χ1v) is 10.9. The summed E-state index contributed by atoms with van der Waals surface area (Å²) in [7, 11) is 0. The predicted octanol–water partition coefficient (Wildman–Crippen LogP) is 3.69. The van der Waals surface area contributed by atoms with E-state index in [9.17, 15) is 4.79 Å². The lowest BCUT2D eigenvalue weighted by molar-refractivity contribution is -0.132. The van der Waals surface area contributed by atoms with Crippen molar-refractivity contribution in [3.05, 3.63) is 67.1 Å². The summed E-state index contributed by atoms with van der Waals surface area (Å²) >= 11 is 0. The number of carbonyl (C=O) groups excluding carboxylic acids is 1. The zero-order valence-corrected chi connectivity index (χ0v) is 17.4. The van der Waals surface area contributed by atoms with Crippen LogP contribution in [0.5, 0.6) is 0 Å². The molecule has 31 heavy (non-hydrogen) atoms. The Morgan fingerprint density at radius 3 is 2.77 bits per heavy atom. The fourth-order valence-corrected chi connectivity index (χ4v) is 4.44. The number of hydrogen-bond donors (Lipinski definition) is 1. The smallest absolute Gasteiger partial charge is 0.222 e. The van der Waals surface area contributed by atoms with Gasteiger partial charge in [-0.2, -0.15) is 5.10 Å². The van der Waals surface area contributed by atoms with Gasteiger partial charge in [0.25, 0.3) is 0 Å². The van der Waals surface area contributed by atoms with Gasteiger partial charge in [0.15, 0.2) is 0 Å². The van der Waals surface area contributed by atoms with E-state index in [0.29, 0.717) is 18.8 Å². The molecule has 1 amide bonds. The first kappa shape index (κ1) is 19.5. The Hall–Kier alpha value is -3.48. The number of rotatable bonds is 6. The van der Waals surface area contributed by atoms with Gasteiger partial charge in [-0.25, -0.2) is 0 Å². The molecule has 5 rings (SSSR count). The van der Waals surface area contributed by atoms with Crippen LogP contribution in [0, 0.1) is 5.92 Å². The number of piperidine rings is 1. The van der Waals surface area contributed by atoms with Crippen molar-refractivity contribution >= 4 is 16.8 Å². The Morgan fingerprint density at radius 1 is 1.10 bits per heavy atom. The van der Waals surface area contributed by atoms with Crippen LogP contribution in [-0.4, -0.2) is 48.6 Å². The second-order valence-electron chi connectivity index (χ2n) is 8.25. The van der Waals surface area contributed by atoms with Gasteiger partial charge in [-0.3, -0.25) is 19.9 Å². The number of nitrogens with zero attached hydrogens (tertiary/aromatic N) is 5. The molecule has 4 aromatic rings. The van der Waals surface area contributed by atoms with Crippen LogP contribution in [0.2, 0.25) is 0 Å². The molecular formula is C24H26N6O. The van der Waals surface area contributed by atoms with Crippen molar-refractivity contribution in [3.8, 4) is 11.1 Å². The number of nitrogens with one attached hydrogen (secondary N) is 1. The van der Waals surface area contributed by atoms with Crippen molar-refractivity contribution in [2.75, 3.05) is 13.1 Å². The molecule has 0 radical (unpaired) electrons. The summed E-state index contributed by atoms with van der Waals surface area (Å²) in [6.45, 7) is 2.68. The third-order valence-electron chi connectivity index (χ3n) is 6.24. The summed E-state index contributed by atoms with van der Waals surface area (Å²) in [5, 5.41) is 8.16. The van der Waals surface area contributed by atoms with Crippen molar-refractivity contribution in [1.29, 1.82) is 0 Å². The van der Waals surface area contributed by atoms with E-state index < -0.39 is 0 Å². The lowest BCUT2D eigenvalue weighted by atomic mass is 9.96. The maximum Gasteiger partial charge on any atom is 0.222 e. The third-order valence-corrected chi connectivity index (χ3v) is 6.24. The van der Waals surface area contributed by atoms with Gasteiger partial charge in [0.2, 0.25) is 5.91 Å². The van der Waals surface area contributed by atoms with Gasteiger partial charge >= 0.3 is 0 Å². The maximum atomic E-state index is 12.6. The Morgan fingerprint density at radius 2 is 2.00 bits per heavy atom. The molecule has 0 bridgehead atoms. The molecule has 1 aromatic carbocycles. The highest BCUT2D eigenvalue weighted by Crippen LogP contribution is 2.27. The van der Waals surface area contributed by atoms with E-state index in [0.717, 1.165) is 43.7 Å². The average molecular weight is 415 g/mol. The number of amides is 1. The van der Waals surface area contributed by atoms with Crippen molar-refractivity contribution in [3.63, 3.8) is 0 Å². The molecular weight excluding hydrogens is 388 g/mol. The number of aryl methyl sites for hydroxylation is 1. The van der Waals surface area contributed by atoms with Crippen LogP contribution < -0.4 is 0 Å². The van der Waals surface area contributed by atoms with Gasteiger partial charge in [-0.1, -0.05) is 6.07 Å². The van der Waals surface area contributed by atoms with Crippen LogP contribution >= 0.6 is 0 Å². The lowest BCUT2D eigenvalue weighted by Crippen LogP contribution is -2.39. The standard InChI is InChI=1S/C24H26N6O/c31-24(4-2-22-16-25-8-9-26-22)29-10-5-18(6-11-29)17-30-12-7-20-13-19(1-3-23(20)30)21-14-27-28-15-21/h1,3,7-9,12-16,18H,2,4-6,10-11,17H2,(H,27,28). The molecule has 0 aliphatic carbocycles. The molecule has 3 aromatic heterocycles. The Bertz CT molecular complexity index is 1140. The number of fused-ring (bicyclic) bond motifs is 1. The molecule has 0 unspecified atom stereocenters. The van der Waals surface area contributed by atoms with Crippen LogP contribution in [0.15, 0.2) is 61.4 Å². The largest absolute Gasteiger partial charge is 0.347 e. The summed E-state index contributed by atoms with van der Waals surface area (Å²) in [6, 6.07) is 8.75. The summed E-state index contributed by atoms with van der Waals surface area (Å²) < 4.78 is 2.35. The van der Waals surface area contributed by atoms with Crippen LogP contribution in [0.1, 0.15) is 25.0 Å². The minimum Gasteiger partial charge on any atom is -0.347 e. The van der Waals surface area contributed by atoms with Gasteiger partial charge in [0.1, 0.15) is 0 Å². The maximum absolute atomic E-state index is 12.6. The van der Waals surface area contributed by atoms with E-state index in [2.05, 4.69) is 55.2 Å². The molecule has 7 heteroatoms. The highest BCUT2D eigenvalue weighted by Gasteiger charge is 2.23. The molecule has 1 saturated heterocycles. The second-order valence-corrected chi connectivity index (χ2v) is 8.25. The Kier molecular flexibility index (Phi) is 5.48. The third kappa shape index (κ3) is 4.35. The molecule has 4 heterocycles. The summed E-state index contributed by atoms with van der Waals surface area (Å²) in [5.74, 6) is 0.815. The van der Waals surface area contributed by atoms with Gasteiger partial charge in [-0.05, 0) is 48.9 Å². The normalized spacial score (nSPS) is 14.9. The van der Waals surface area contributed by atoms with Crippen LogP contribution in [0.3, 0.4) is 0 Å². The van der Waals surface area contributed by atoms with E-state index in [1.54, 1.807) is 18.6 Å². The Labute approximate surface area is 181 Å². The highest BCUT2D eigenvalue weighted by molar-refractivity contribution is 5.85. The van der Waals surface area contributed by atoms with E-state index in [-0.39, 0.29) is 5.91 Å². The molecule has 7 nitrogen and oxygen atoms in total. The molecule has 1 aliphatic rings. The van der Waals surface area contributed by atoms with E-state index >= 15 is 0 Å². The SMILES string of the molecule is O=C(CCc1cnccn1)N1CCC(Cn2ccc3cc(-c4cn[nH]c4)ccc32)CC1. The topological polar surface area (TPSA) is 79.7 Å². The summed E-state index contributed by atoms with van der Waals surface area (Å²) in [5.41, 5.74) is 4.41. The number of aromatic nitrogens is 5. The quantitative estimate of drug-likeness (QED) is 0.522. The number of carbonyl (C=O) groups is 1. The number of likely N-dealkylation sites (tertiary alicyclic amines) is 1. The monoisotopic (exact) mass is 414 g/mol. The van der Waals surface area contributed by atoms with E-state index in [4.69, 9.17) is 0 Å². The first-order chi connectivity index (χ1) is 15.3. The predicted molar refractivity (Wildman–Crippen MR) is 119 cm³/mol. The van der Waals surface area contributed by atoms with Crippen molar-refractivity contribution in [2.45, 2.75) is 32.2 Å². The first-order valence-electron chi connectivity index (χ1n) is 10.9. The average Bonchev–Trinajstić information content (AvgIpc) is 3.49. The van der Waals surface area contributed by atoms with Gasteiger partial charge in [0, 0.05) is 73.5 Å². The number of hydrogen-bond acceptors (Lipinski definition) is 4. The number of H-pyrrole nitrogens is 1. The zero-order valence-electron chi connectivity index (χ0n) is 17.4. The van der Waals surface area contributed by atoms with E-state index in [1.807, 2.05) is 17.3 Å². The van der Waals surface area contributed by atoms with Crippen molar-refractivity contribution < 1.29 is 4.79 Å². The number of aromatic amines is 1. The minimum absolute atomic E-state index is 0.224. The zero-order chi connectivity index (χ0) is 21.0. The summed E-state index contributed by atoms with van der Waals surface area (Å²) in [6.07, 6.45) is 14.3. The highest BCUT2D eigenvalue weighted by atomic mass is 16.2. The van der Waals surface area contributed by atoms with Gasteiger partial charge < -0.3 is 9.47 Å². The van der Waals surface area contributed by atoms with E-state index in [1.165, 1.54) is 16.5 Å². The molecule has 1 aliphatic heterocycles. The molecule has 158 valence electrons. The lowest BCUT2D eigenvalue weighted by Gasteiger charge is -2.32. The number of benzene rings is 1. The molecule has 1 N–H and O–H groups in total. The van der Waals surface area contributed by atoms with Crippen LogP contribution in [-0.2, 0) is 17.8 Å². The fraction of sp³-hybridized carbons (Fsp3) is 0.333. The van der Waals surface area contributed by atoms with Crippen molar-refractivity contribution in [1.82, 2.24) is 29.6 Å². The van der Waals surface area contributed by atoms with Gasteiger partial charge in [-0.15, -0.1) is 0 Å². The van der Waals surface area contributed by atoms with Gasteiger partial charge in [0.05, 0.1) is 11.9 Å². The molecule has 1 fully saturated rings. The summed E-state index contributed by atoms with van der Waals surface area (Å²) in [4.78, 5) is 22.9. The van der Waals surface area contributed by atoms with Crippen LogP contribution in [0.25, 0.3) is 22.0 Å². The Balaban J connectivity index is 1.16. The fourth-order valence-electron chi connectivity index (χ4n) is 4.44. The minimum atomic E-state index is 0.224. The molecule has 0 saturated carbocycles. The van der Waals surface area contributed by atoms with Crippen molar-refractivity contribution in [2.24, 2.45) is 5.92 Å². The molecule has 0 atom stereocenters.